The fraction of sp³-hybridized carbons (Fsp3) is 0.100. The molecule has 0 aliphatic carbocycles. The van der Waals surface area contributed by atoms with Gasteiger partial charge in [0.15, 0.2) is 11.6 Å². The molecule has 17 heavy (non-hydrogen) atoms. The second-order valence-corrected chi connectivity index (χ2v) is 4.28. The van der Waals surface area contributed by atoms with Gasteiger partial charge in [-0.3, -0.25) is 4.68 Å². The van der Waals surface area contributed by atoms with Gasteiger partial charge >= 0.3 is 0 Å². The van der Waals surface area contributed by atoms with Gasteiger partial charge < -0.3 is 10.5 Å². The first kappa shape index (κ1) is 11.8. The number of aromatic nitrogens is 2. The second-order valence-electron chi connectivity index (χ2n) is 3.37. The van der Waals surface area contributed by atoms with E-state index in [0.717, 1.165) is 6.07 Å². The number of benzene rings is 1. The number of hydrogen-bond acceptors (Lipinski definition) is 3. The number of nitrogens with two attached hydrogens (primary N) is 1. The maximum Gasteiger partial charge on any atom is 0.261 e. The van der Waals surface area contributed by atoms with Crippen molar-refractivity contribution >= 4 is 21.6 Å². The van der Waals surface area contributed by atoms with Crippen molar-refractivity contribution in [2.45, 2.75) is 0 Å². The normalized spacial score (nSPS) is 10.6. The van der Waals surface area contributed by atoms with Crippen LogP contribution in [0.15, 0.2) is 22.8 Å². The van der Waals surface area contributed by atoms with Crippen molar-refractivity contribution in [1.82, 2.24) is 9.78 Å². The van der Waals surface area contributed by atoms with Gasteiger partial charge in [-0.25, -0.2) is 4.39 Å². The molecule has 0 amide bonds. The van der Waals surface area contributed by atoms with Crippen LogP contribution < -0.4 is 10.5 Å². The van der Waals surface area contributed by atoms with Gasteiger partial charge in [-0.1, -0.05) is 15.9 Å². The summed E-state index contributed by atoms with van der Waals surface area (Å²) in [5.41, 5.74) is 5.82. The molecule has 1 aromatic heterocycles. The molecule has 0 fully saturated rings. The minimum absolute atomic E-state index is 0.0314. The lowest BCUT2D eigenvalue weighted by Crippen LogP contribution is -1.95. The van der Waals surface area contributed by atoms with Gasteiger partial charge in [0.1, 0.15) is 5.69 Å². The summed E-state index contributed by atoms with van der Waals surface area (Å²) in [7, 11) is 1.64. The lowest BCUT2D eigenvalue weighted by molar-refractivity contribution is 0.402. The predicted octanol–water partition coefficient (Wildman–Crippen LogP) is 2.84. The first-order valence-electron chi connectivity index (χ1n) is 4.59. The number of rotatable bonds is 2. The largest absolute Gasteiger partial charge is 0.433 e. The molecule has 0 atom stereocenters. The van der Waals surface area contributed by atoms with Crippen molar-refractivity contribution in [2.24, 2.45) is 7.05 Å². The number of aryl methyl sites for hydroxylation is 1. The monoisotopic (exact) mass is 303 g/mol. The smallest absolute Gasteiger partial charge is 0.261 e. The molecule has 2 rings (SSSR count). The van der Waals surface area contributed by atoms with E-state index in [1.165, 1.54) is 16.9 Å². The Morgan fingerprint density at radius 1 is 1.41 bits per heavy atom. The summed E-state index contributed by atoms with van der Waals surface area (Å²) >= 11 is 3.04. The Morgan fingerprint density at radius 3 is 2.71 bits per heavy atom. The van der Waals surface area contributed by atoms with Crippen molar-refractivity contribution in [1.29, 1.82) is 0 Å². The lowest BCUT2D eigenvalue weighted by Gasteiger charge is -2.05. The molecule has 1 heterocycles. The molecule has 2 aromatic rings. The van der Waals surface area contributed by atoms with Gasteiger partial charge in [0.05, 0.1) is 6.20 Å². The van der Waals surface area contributed by atoms with Crippen molar-refractivity contribution in [3.8, 4) is 11.6 Å². The molecule has 0 unspecified atom stereocenters. The van der Waals surface area contributed by atoms with E-state index in [9.17, 15) is 8.78 Å². The van der Waals surface area contributed by atoms with E-state index in [-0.39, 0.29) is 17.3 Å². The minimum atomic E-state index is -1.08. The summed E-state index contributed by atoms with van der Waals surface area (Å²) in [6.07, 6.45) is 1.50. The maximum absolute atomic E-state index is 13.4. The van der Waals surface area contributed by atoms with Crippen molar-refractivity contribution in [2.75, 3.05) is 5.73 Å². The summed E-state index contributed by atoms with van der Waals surface area (Å²) in [5, 5.41) is 3.87. The van der Waals surface area contributed by atoms with E-state index < -0.39 is 11.6 Å². The van der Waals surface area contributed by atoms with Crippen molar-refractivity contribution < 1.29 is 13.5 Å². The summed E-state index contributed by atoms with van der Waals surface area (Å²) < 4.78 is 33.4. The summed E-state index contributed by atoms with van der Waals surface area (Å²) in [5.74, 6) is -2.34. The fourth-order valence-electron chi connectivity index (χ4n) is 1.28. The highest BCUT2D eigenvalue weighted by Crippen LogP contribution is 2.31. The number of nitrogen functional groups attached to an aromatic ring is 1. The third kappa shape index (κ3) is 2.38. The highest BCUT2D eigenvalue weighted by Gasteiger charge is 2.15. The van der Waals surface area contributed by atoms with Crippen LogP contribution in [-0.4, -0.2) is 9.78 Å². The quantitative estimate of drug-likeness (QED) is 0.868. The van der Waals surface area contributed by atoms with Crippen molar-refractivity contribution in [3.05, 3.63) is 34.4 Å². The van der Waals surface area contributed by atoms with Crippen LogP contribution in [0.2, 0.25) is 0 Å². The van der Waals surface area contributed by atoms with E-state index in [2.05, 4.69) is 21.0 Å². The number of ether oxygens (including phenoxy) is 1. The SMILES string of the molecule is Cn1cc(N)c(Oc2cc(Br)cc(F)c2F)n1. The Morgan fingerprint density at radius 2 is 2.12 bits per heavy atom. The van der Waals surface area contributed by atoms with E-state index in [1.807, 2.05) is 0 Å². The lowest BCUT2D eigenvalue weighted by atomic mass is 10.3. The zero-order valence-electron chi connectivity index (χ0n) is 8.75. The van der Waals surface area contributed by atoms with Crippen LogP contribution in [0.3, 0.4) is 0 Å². The Labute approximate surface area is 104 Å². The first-order chi connectivity index (χ1) is 7.97. The number of halogens is 3. The molecule has 2 N–H and O–H groups in total. The third-order valence-electron chi connectivity index (χ3n) is 1.99. The van der Waals surface area contributed by atoms with Gasteiger partial charge in [0.25, 0.3) is 5.88 Å². The zero-order valence-corrected chi connectivity index (χ0v) is 10.3. The summed E-state index contributed by atoms with van der Waals surface area (Å²) in [4.78, 5) is 0. The van der Waals surface area contributed by atoms with Crippen LogP contribution in [-0.2, 0) is 7.05 Å². The average Bonchev–Trinajstić information content (AvgIpc) is 2.53. The molecule has 0 radical (unpaired) electrons. The molecule has 0 saturated heterocycles. The predicted molar refractivity (Wildman–Crippen MR) is 61.8 cm³/mol. The van der Waals surface area contributed by atoms with Gasteiger partial charge in [0.2, 0.25) is 5.82 Å². The topological polar surface area (TPSA) is 53.1 Å². The van der Waals surface area contributed by atoms with Crippen LogP contribution in [0.5, 0.6) is 11.6 Å². The van der Waals surface area contributed by atoms with Gasteiger partial charge in [-0.05, 0) is 12.1 Å². The first-order valence-corrected chi connectivity index (χ1v) is 5.38. The number of nitrogens with zero attached hydrogens (tertiary/aromatic N) is 2. The molecular weight excluding hydrogens is 296 g/mol. The van der Waals surface area contributed by atoms with Crippen molar-refractivity contribution in [3.63, 3.8) is 0 Å². The molecule has 0 bridgehead atoms. The van der Waals surface area contributed by atoms with Crippen LogP contribution >= 0.6 is 15.9 Å². The minimum Gasteiger partial charge on any atom is -0.433 e. The zero-order chi connectivity index (χ0) is 12.6. The van der Waals surface area contributed by atoms with E-state index in [0.29, 0.717) is 4.47 Å². The van der Waals surface area contributed by atoms with Gasteiger partial charge in [0, 0.05) is 11.5 Å². The Hall–Kier alpha value is -1.63. The molecule has 7 heteroatoms. The van der Waals surface area contributed by atoms with E-state index in [1.54, 1.807) is 7.05 Å². The molecule has 0 spiro atoms. The second kappa shape index (κ2) is 4.33. The summed E-state index contributed by atoms with van der Waals surface area (Å²) in [6.45, 7) is 0. The van der Waals surface area contributed by atoms with E-state index >= 15 is 0 Å². The molecule has 0 saturated carbocycles. The van der Waals surface area contributed by atoms with Crippen LogP contribution in [0.4, 0.5) is 14.5 Å². The van der Waals surface area contributed by atoms with Gasteiger partial charge in [-0.15, -0.1) is 5.10 Å². The molecule has 0 aliphatic heterocycles. The molecule has 1 aromatic carbocycles. The molecule has 4 nitrogen and oxygen atoms in total. The van der Waals surface area contributed by atoms with E-state index in [4.69, 9.17) is 10.5 Å². The number of anilines is 1. The number of hydrogen-bond donors (Lipinski definition) is 1. The molecule has 90 valence electrons. The van der Waals surface area contributed by atoms with Crippen LogP contribution in [0.1, 0.15) is 0 Å². The summed E-state index contributed by atoms with van der Waals surface area (Å²) in [6, 6.07) is 2.30. The molecular formula is C10H8BrF2N3O. The Kier molecular flexibility index (Phi) is 3.01. The average molecular weight is 304 g/mol. The Bertz CT molecular complexity index is 571. The van der Waals surface area contributed by atoms with Gasteiger partial charge in [-0.2, -0.15) is 4.39 Å². The highest BCUT2D eigenvalue weighted by atomic mass is 79.9. The maximum atomic E-state index is 13.4. The third-order valence-corrected chi connectivity index (χ3v) is 2.45. The van der Waals surface area contributed by atoms with Crippen LogP contribution in [0, 0.1) is 11.6 Å². The molecule has 0 aliphatic rings. The standard InChI is InChI=1S/C10H8BrF2N3O/c1-16-4-7(14)10(15-16)17-8-3-5(11)2-6(12)9(8)13/h2-4H,14H2,1H3. The fourth-order valence-corrected chi connectivity index (χ4v) is 1.69. The van der Waals surface area contributed by atoms with Crippen LogP contribution in [0.25, 0.3) is 0 Å². The highest BCUT2D eigenvalue weighted by molar-refractivity contribution is 9.10. The Balaban J connectivity index is 2.39.